The number of pyridine rings is 1. The molecule has 0 bridgehead atoms. The van der Waals surface area contributed by atoms with Crippen LogP contribution in [0.1, 0.15) is 5.56 Å². The summed E-state index contributed by atoms with van der Waals surface area (Å²) in [6.45, 7) is 1.89. The van der Waals surface area contributed by atoms with Crippen LogP contribution in [0.5, 0.6) is 0 Å². The third-order valence-electron chi connectivity index (χ3n) is 1.92. The van der Waals surface area contributed by atoms with E-state index in [-0.39, 0.29) is 5.82 Å². The molecule has 0 N–H and O–H groups in total. The molecule has 1 aromatic heterocycles. The molecule has 1 heterocycles. The molecule has 2 aromatic rings. The van der Waals surface area contributed by atoms with Gasteiger partial charge in [-0.3, -0.25) is 4.98 Å². The average molecular weight is 287 g/mol. The second-order valence-electron chi connectivity index (χ2n) is 2.96. The molecule has 0 saturated carbocycles. The fraction of sp³-hybridized carbons (Fsp3) is 0.100. The van der Waals surface area contributed by atoms with E-state index < -0.39 is 0 Å². The van der Waals surface area contributed by atoms with Crippen molar-refractivity contribution in [2.45, 2.75) is 6.92 Å². The van der Waals surface area contributed by atoms with E-state index in [0.717, 1.165) is 14.5 Å². The lowest BCUT2D eigenvalue weighted by atomic mass is 10.1. The van der Waals surface area contributed by atoms with Gasteiger partial charge in [-0.2, -0.15) is 0 Å². The Hall–Kier alpha value is -0.710. The molecular formula is C10H7FIN. The summed E-state index contributed by atoms with van der Waals surface area (Å²) in [6, 6.07) is 3.50. The first kappa shape index (κ1) is 8.87. The van der Waals surface area contributed by atoms with Crippen LogP contribution in [-0.4, -0.2) is 4.98 Å². The largest absolute Gasteiger partial charge is 0.263 e. The lowest BCUT2D eigenvalue weighted by molar-refractivity contribution is 0.638. The van der Waals surface area contributed by atoms with Crippen molar-refractivity contribution in [1.82, 2.24) is 4.98 Å². The van der Waals surface area contributed by atoms with Crippen molar-refractivity contribution in [3.63, 3.8) is 0 Å². The minimum absolute atomic E-state index is 0.194. The van der Waals surface area contributed by atoms with Crippen molar-refractivity contribution < 1.29 is 4.39 Å². The van der Waals surface area contributed by atoms with Crippen LogP contribution in [0.2, 0.25) is 0 Å². The maximum atomic E-state index is 13.4. The van der Waals surface area contributed by atoms with E-state index in [2.05, 4.69) is 27.6 Å². The first-order chi connectivity index (χ1) is 6.18. The first-order valence-electron chi connectivity index (χ1n) is 3.88. The van der Waals surface area contributed by atoms with E-state index in [0.29, 0.717) is 5.39 Å². The van der Waals surface area contributed by atoms with Crippen LogP contribution in [0.25, 0.3) is 10.8 Å². The molecular weight excluding hydrogens is 280 g/mol. The zero-order valence-corrected chi connectivity index (χ0v) is 9.17. The molecule has 0 atom stereocenters. The van der Waals surface area contributed by atoms with Gasteiger partial charge in [-0.15, -0.1) is 0 Å². The maximum absolute atomic E-state index is 13.4. The Kier molecular flexibility index (Phi) is 2.19. The molecule has 1 nitrogen and oxygen atoms in total. The predicted molar refractivity (Wildman–Crippen MR) is 59.2 cm³/mol. The number of benzene rings is 1. The zero-order valence-electron chi connectivity index (χ0n) is 7.01. The lowest BCUT2D eigenvalue weighted by Gasteiger charge is -2.02. The highest BCUT2D eigenvalue weighted by molar-refractivity contribution is 14.1. The number of aryl methyl sites for hydroxylation is 1. The molecule has 13 heavy (non-hydrogen) atoms. The predicted octanol–water partition coefficient (Wildman–Crippen LogP) is 3.29. The molecule has 0 saturated heterocycles. The summed E-state index contributed by atoms with van der Waals surface area (Å²) in [5.41, 5.74) is 0.939. The van der Waals surface area contributed by atoms with E-state index in [4.69, 9.17) is 0 Å². The molecule has 0 aliphatic heterocycles. The molecule has 66 valence electrons. The van der Waals surface area contributed by atoms with Gasteiger partial charge in [0.1, 0.15) is 5.82 Å². The van der Waals surface area contributed by atoms with Crippen molar-refractivity contribution >= 4 is 33.4 Å². The molecule has 1 aromatic carbocycles. The average Bonchev–Trinajstić information content (AvgIpc) is 2.07. The Morgan fingerprint density at radius 1 is 1.23 bits per heavy atom. The third kappa shape index (κ3) is 1.52. The van der Waals surface area contributed by atoms with Gasteiger partial charge in [-0.1, -0.05) is 6.07 Å². The fourth-order valence-corrected chi connectivity index (χ4v) is 1.94. The van der Waals surface area contributed by atoms with Crippen LogP contribution < -0.4 is 0 Å². The van der Waals surface area contributed by atoms with Crippen molar-refractivity contribution in [2.24, 2.45) is 0 Å². The second kappa shape index (κ2) is 3.21. The summed E-state index contributed by atoms with van der Waals surface area (Å²) in [5.74, 6) is -0.194. The Balaban J connectivity index is 2.94. The van der Waals surface area contributed by atoms with E-state index in [1.165, 1.54) is 6.07 Å². The van der Waals surface area contributed by atoms with Crippen LogP contribution in [0.15, 0.2) is 24.5 Å². The summed E-state index contributed by atoms with van der Waals surface area (Å²) in [4.78, 5) is 3.96. The second-order valence-corrected chi connectivity index (χ2v) is 4.13. The van der Waals surface area contributed by atoms with Crippen molar-refractivity contribution in [2.75, 3.05) is 0 Å². The Labute approximate surface area is 89.1 Å². The number of hydrogen-bond acceptors (Lipinski definition) is 1. The summed E-state index contributed by atoms with van der Waals surface area (Å²) in [6.07, 6.45) is 3.30. The van der Waals surface area contributed by atoms with Gasteiger partial charge in [-0.25, -0.2) is 4.39 Å². The molecule has 0 aliphatic rings. The van der Waals surface area contributed by atoms with E-state index >= 15 is 0 Å². The Morgan fingerprint density at radius 3 is 2.77 bits per heavy atom. The number of halogens is 2. The molecule has 0 fully saturated rings. The van der Waals surface area contributed by atoms with Crippen molar-refractivity contribution in [3.05, 3.63) is 39.5 Å². The highest BCUT2D eigenvalue weighted by atomic mass is 127. The summed E-state index contributed by atoms with van der Waals surface area (Å²) >= 11 is 2.16. The minimum atomic E-state index is -0.194. The summed E-state index contributed by atoms with van der Waals surface area (Å²) in [5, 5.41) is 1.53. The SMILES string of the molecule is Cc1cc(F)c2cncc(I)c2c1. The van der Waals surface area contributed by atoms with Gasteiger partial charge in [0.15, 0.2) is 0 Å². The zero-order chi connectivity index (χ0) is 9.42. The van der Waals surface area contributed by atoms with E-state index in [9.17, 15) is 4.39 Å². The number of fused-ring (bicyclic) bond motifs is 1. The number of hydrogen-bond donors (Lipinski definition) is 0. The topological polar surface area (TPSA) is 12.9 Å². The normalized spacial score (nSPS) is 10.7. The van der Waals surface area contributed by atoms with Gasteiger partial charge in [0.2, 0.25) is 0 Å². The van der Waals surface area contributed by atoms with Crippen molar-refractivity contribution in [3.8, 4) is 0 Å². The maximum Gasteiger partial charge on any atom is 0.132 e. The van der Waals surface area contributed by atoms with Crippen molar-refractivity contribution in [1.29, 1.82) is 0 Å². The van der Waals surface area contributed by atoms with Crippen LogP contribution in [-0.2, 0) is 0 Å². The third-order valence-corrected chi connectivity index (χ3v) is 2.78. The first-order valence-corrected chi connectivity index (χ1v) is 4.96. The van der Waals surface area contributed by atoms with Gasteiger partial charge in [-0.05, 0) is 41.1 Å². The number of rotatable bonds is 0. The molecule has 0 unspecified atom stereocenters. The van der Waals surface area contributed by atoms with E-state index in [1.807, 2.05) is 13.0 Å². The van der Waals surface area contributed by atoms with Crippen LogP contribution >= 0.6 is 22.6 Å². The summed E-state index contributed by atoms with van der Waals surface area (Å²) < 4.78 is 14.4. The number of aromatic nitrogens is 1. The van der Waals surface area contributed by atoms with Crippen LogP contribution in [0, 0.1) is 16.3 Å². The number of nitrogens with zero attached hydrogens (tertiary/aromatic N) is 1. The Morgan fingerprint density at radius 2 is 2.00 bits per heavy atom. The van der Waals surface area contributed by atoms with E-state index in [1.54, 1.807) is 12.4 Å². The van der Waals surface area contributed by atoms with Crippen LogP contribution in [0.3, 0.4) is 0 Å². The van der Waals surface area contributed by atoms with Gasteiger partial charge in [0, 0.05) is 26.7 Å². The fourth-order valence-electron chi connectivity index (χ4n) is 1.33. The highest BCUT2D eigenvalue weighted by Gasteiger charge is 2.04. The molecule has 0 aliphatic carbocycles. The highest BCUT2D eigenvalue weighted by Crippen LogP contribution is 2.23. The lowest BCUT2D eigenvalue weighted by Crippen LogP contribution is -1.86. The quantitative estimate of drug-likeness (QED) is 0.678. The monoisotopic (exact) mass is 287 g/mol. The van der Waals surface area contributed by atoms with Gasteiger partial charge in [0.25, 0.3) is 0 Å². The summed E-state index contributed by atoms with van der Waals surface area (Å²) in [7, 11) is 0. The minimum Gasteiger partial charge on any atom is -0.263 e. The van der Waals surface area contributed by atoms with Gasteiger partial charge in [0.05, 0.1) is 0 Å². The molecule has 2 rings (SSSR count). The Bertz CT molecular complexity index is 468. The molecule has 3 heteroatoms. The smallest absolute Gasteiger partial charge is 0.132 e. The van der Waals surface area contributed by atoms with Gasteiger partial charge < -0.3 is 0 Å². The standard InChI is InChI=1S/C10H7FIN/c1-6-2-7-8(9(11)3-6)4-13-5-10(7)12/h2-5H,1H3. The van der Waals surface area contributed by atoms with Gasteiger partial charge >= 0.3 is 0 Å². The molecule has 0 radical (unpaired) electrons. The van der Waals surface area contributed by atoms with Crippen LogP contribution in [0.4, 0.5) is 4.39 Å². The molecule has 0 amide bonds. The molecule has 0 spiro atoms.